The molecule has 1 heterocycles. The summed E-state index contributed by atoms with van der Waals surface area (Å²) in [6.07, 6.45) is 0. The van der Waals surface area contributed by atoms with Crippen LogP contribution in [-0.2, 0) is 19.2 Å². The van der Waals surface area contributed by atoms with Crippen LogP contribution >= 0.6 is 11.3 Å². The van der Waals surface area contributed by atoms with Gasteiger partial charge in [-0.15, -0.1) is 0 Å². The Kier molecular flexibility index (Phi) is 10.1. The molecule has 0 aliphatic heterocycles. The van der Waals surface area contributed by atoms with Crippen LogP contribution in [0, 0.1) is 0 Å². The van der Waals surface area contributed by atoms with E-state index in [1.807, 2.05) is 22.9 Å². The van der Waals surface area contributed by atoms with Crippen molar-refractivity contribution < 1.29 is 39.6 Å². The summed E-state index contributed by atoms with van der Waals surface area (Å²) < 4.78 is 0. The number of aliphatic carboxylic acids is 4. The number of carbonyl (C=O) groups is 4. The first-order chi connectivity index (χ1) is 7.79. The first-order valence-electron chi connectivity index (χ1n) is 3.68. The van der Waals surface area contributed by atoms with E-state index in [1.54, 1.807) is 11.3 Å². The smallest absolute Gasteiger partial charge is 0.414 e. The van der Waals surface area contributed by atoms with E-state index in [-0.39, 0.29) is 0 Å². The maximum atomic E-state index is 9.10. The summed E-state index contributed by atoms with van der Waals surface area (Å²) in [7, 11) is 0. The predicted octanol–water partition coefficient (Wildman–Crippen LogP) is 0.0593. The Labute approximate surface area is 98.4 Å². The highest BCUT2D eigenvalue weighted by molar-refractivity contribution is 7.07. The SMILES string of the molecule is O=C(O)C(=O)O.O=C(O)C(=O)O.c1ccsc1. The molecule has 1 rings (SSSR count). The van der Waals surface area contributed by atoms with Crippen molar-refractivity contribution in [2.45, 2.75) is 0 Å². The van der Waals surface area contributed by atoms with Crippen molar-refractivity contribution in [2.24, 2.45) is 0 Å². The molecular weight excluding hydrogens is 256 g/mol. The molecule has 0 fully saturated rings. The summed E-state index contributed by atoms with van der Waals surface area (Å²) in [4.78, 5) is 36.4. The topological polar surface area (TPSA) is 149 Å². The molecule has 0 aliphatic rings. The second-order valence-corrected chi connectivity index (χ2v) is 2.83. The Morgan fingerprint density at radius 2 is 0.882 bits per heavy atom. The normalized spacial score (nSPS) is 7.53. The molecule has 94 valence electrons. The molecule has 0 spiro atoms. The zero-order valence-corrected chi connectivity index (χ0v) is 8.96. The van der Waals surface area contributed by atoms with Crippen LogP contribution in [0.15, 0.2) is 22.9 Å². The van der Waals surface area contributed by atoms with Gasteiger partial charge in [0.05, 0.1) is 0 Å². The molecule has 0 saturated carbocycles. The summed E-state index contributed by atoms with van der Waals surface area (Å²) in [5, 5.41) is 33.6. The van der Waals surface area contributed by atoms with Gasteiger partial charge >= 0.3 is 23.9 Å². The lowest BCUT2D eigenvalue weighted by Crippen LogP contribution is -2.09. The number of carboxylic acid groups (broad SMARTS) is 4. The molecule has 0 radical (unpaired) electrons. The van der Waals surface area contributed by atoms with E-state index in [1.165, 1.54) is 0 Å². The van der Waals surface area contributed by atoms with Gasteiger partial charge in [0.15, 0.2) is 0 Å². The monoisotopic (exact) mass is 264 g/mol. The van der Waals surface area contributed by atoms with Gasteiger partial charge in [-0.2, -0.15) is 11.3 Å². The summed E-state index contributed by atoms with van der Waals surface area (Å²) in [6, 6.07) is 4.04. The van der Waals surface area contributed by atoms with Gasteiger partial charge in [-0.25, -0.2) is 19.2 Å². The van der Waals surface area contributed by atoms with Crippen LogP contribution in [0.4, 0.5) is 0 Å². The van der Waals surface area contributed by atoms with Gasteiger partial charge < -0.3 is 20.4 Å². The van der Waals surface area contributed by atoms with Crippen LogP contribution in [-0.4, -0.2) is 44.3 Å². The molecule has 17 heavy (non-hydrogen) atoms. The van der Waals surface area contributed by atoms with Gasteiger partial charge in [-0.05, 0) is 10.8 Å². The molecular formula is C8H8O8S. The highest BCUT2D eigenvalue weighted by Crippen LogP contribution is 1.91. The lowest BCUT2D eigenvalue weighted by atomic mass is 10.7. The maximum absolute atomic E-state index is 9.10. The van der Waals surface area contributed by atoms with E-state index in [4.69, 9.17) is 39.6 Å². The Bertz CT molecular complexity index is 304. The fraction of sp³-hybridized carbons (Fsp3) is 0. The molecule has 0 unspecified atom stereocenters. The highest BCUT2D eigenvalue weighted by Gasteiger charge is 2.04. The first-order valence-corrected chi connectivity index (χ1v) is 4.63. The van der Waals surface area contributed by atoms with E-state index < -0.39 is 23.9 Å². The van der Waals surface area contributed by atoms with Crippen molar-refractivity contribution in [1.82, 2.24) is 0 Å². The number of thiophene rings is 1. The Morgan fingerprint density at radius 1 is 0.647 bits per heavy atom. The molecule has 0 atom stereocenters. The number of carboxylic acids is 4. The van der Waals surface area contributed by atoms with Crippen molar-refractivity contribution in [1.29, 1.82) is 0 Å². The van der Waals surface area contributed by atoms with Gasteiger partial charge in [0, 0.05) is 0 Å². The van der Waals surface area contributed by atoms with E-state index in [9.17, 15) is 0 Å². The third kappa shape index (κ3) is 16.3. The average molecular weight is 264 g/mol. The van der Waals surface area contributed by atoms with E-state index in [0.717, 1.165) is 0 Å². The molecule has 1 aromatic heterocycles. The maximum Gasteiger partial charge on any atom is 0.414 e. The molecule has 0 bridgehead atoms. The molecule has 8 nitrogen and oxygen atoms in total. The molecule has 0 saturated heterocycles. The minimum absolute atomic E-state index is 1.71. The van der Waals surface area contributed by atoms with Crippen LogP contribution in [0.1, 0.15) is 0 Å². The summed E-state index contributed by atoms with van der Waals surface area (Å²) in [5.74, 6) is -7.30. The van der Waals surface area contributed by atoms with Gasteiger partial charge in [0.1, 0.15) is 0 Å². The third-order valence-corrected chi connectivity index (χ3v) is 1.42. The minimum atomic E-state index is -1.82. The standard InChI is InChI=1S/C4H4S.2C2H2O4/c1-2-4-5-3-1;2*3-1(4)2(5)6/h1-4H;2*(H,3,4)(H,5,6). The number of hydrogen-bond acceptors (Lipinski definition) is 5. The van der Waals surface area contributed by atoms with Crippen molar-refractivity contribution in [3.63, 3.8) is 0 Å². The van der Waals surface area contributed by atoms with Crippen LogP contribution in [0.3, 0.4) is 0 Å². The summed E-state index contributed by atoms with van der Waals surface area (Å²) in [6.45, 7) is 0. The molecule has 0 aliphatic carbocycles. The van der Waals surface area contributed by atoms with Crippen LogP contribution in [0.5, 0.6) is 0 Å². The highest BCUT2D eigenvalue weighted by atomic mass is 32.1. The van der Waals surface area contributed by atoms with E-state index in [2.05, 4.69) is 0 Å². The van der Waals surface area contributed by atoms with E-state index >= 15 is 0 Å². The van der Waals surface area contributed by atoms with Crippen molar-refractivity contribution >= 4 is 35.2 Å². The predicted molar refractivity (Wildman–Crippen MR) is 54.9 cm³/mol. The lowest BCUT2D eigenvalue weighted by Gasteiger charge is -1.72. The molecule has 9 heteroatoms. The summed E-state index contributed by atoms with van der Waals surface area (Å²) >= 11 is 1.71. The van der Waals surface area contributed by atoms with Crippen molar-refractivity contribution in [2.75, 3.05) is 0 Å². The Hall–Kier alpha value is -2.42. The van der Waals surface area contributed by atoms with Crippen LogP contribution in [0.2, 0.25) is 0 Å². The number of hydrogen-bond donors (Lipinski definition) is 4. The fourth-order valence-electron chi connectivity index (χ4n) is 0.227. The molecule has 4 N–H and O–H groups in total. The van der Waals surface area contributed by atoms with E-state index in [0.29, 0.717) is 0 Å². The largest absolute Gasteiger partial charge is 0.473 e. The second-order valence-electron chi connectivity index (χ2n) is 2.01. The van der Waals surface area contributed by atoms with Gasteiger partial charge in [0.2, 0.25) is 0 Å². The first kappa shape index (κ1) is 17.0. The van der Waals surface area contributed by atoms with Crippen molar-refractivity contribution in [3.05, 3.63) is 22.9 Å². The number of rotatable bonds is 0. The Morgan fingerprint density at radius 3 is 0.941 bits per heavy atom. The fourth-order valence-corrected chi connectivity index (χ4v) is 0.680. The zero-order valence-electron chi connectivity index (χ0n) is 8.14. The minimum Gasteiger partial charge on any atom is -0.473 e. The lowest BCUT2D eigenvalue weighted by molar-refractivity contribution is -0.159. The Balaban J connectivity index is 0. The molecule has 0 aromatic carbocycles. The molecule has 0 amide bonds. The second kappa shape index (κ2) is 10.1. The van der Waals surface area contributed by atoms with Crippen LogP contribution in [0.25, 0.3) is 0 Å². The quantitative estimate of drug-likeness (QED) is 0.480. The van der Waals surface area contributed by atoms with Gasteiger partial charge in [-0.1, -0.05) is 12.1 Å². The molecule has 1 aromatic rings. The van der Waals surface area contributed by atoms with Crippen molar-refractivity contribution in [3.8, 4) is 0 Å². The third-order valence-electron chi connectivity index (χ3n) is 0.791. The zero-order chi connectivity index (χ0) is 13.8. The summed E-state index contributed by atoms with van der Waals surface area (Å²) in [5.41, 5.74) is 0. The average Bonchev–Trinajstić information content (AvgIpc) is 2.75. The van der Waals surface area contributed by atoms with Gasteiger partial charge in [-0.3, -0.25) is 0 Å². The van der Waals surface area contributed by atoms with Gasteiger partial charge in [0.25, 0.3) is 0 Å². The van der Waals surface area contributed by atoms with Crippen LogP contribution < -0.4 is 0 Å².